The van der Waals surface area contributed by atoms with Crippen LogP contribution in [0.2, 0.25) is 0 Å². The number of hydrogen-bond donors (Lipinski definition) is 2. The predicted octanol–water partition coefficient (Wildman–Crippen LogP) is 1.57. The van der Waals surface area contributed by atoms with Gasteiger partial charge in [-0.1, -0.05) is 6.08 Å². The fourth-order valence-electron chi connectivity index (χ4n) is 1.65. The van der Waals surface area contributed by atoms with Crippen molar-refractivity contribution in [2.45, 2.75) is 6.42 Å². The lowest BCUT2D eigenvalue weighted by molar-refractivity contribution is 0.0954. The van der Waals surface area contributed by atoms with Crippen molar-refractivity contribution < 1.29 is 15.0 Å². The number of allylic oxidation sites excluding steroid dienone is 1. The molecule has 2 N–H and O–H groups in total. The fourth-order valence-corrected chi connectivity index (χ4v) is 1.65. The summed E-state index contributed by atoms with van der Waals surface area (Å²) in [5.41, 5.74) is 0.602. The van der Waals surface area contributed by atoms with Gasteiger partial charge in [0.1, 0.15) is 11.5 Å². The molecule has 92 valence electrons. The Hall–Kier alpha value is -1.81. The van der Waals surface area contributed by atoms with Crippen molar-refractivity contribution >= 4 is 5.78 Å². The average molecular weight is 235 g/mol. The lowest BCUT2D eigenvalue weighted by Crippen LogP contribution is -2.22. The molecule has 0 fully saturated rings. The fraction of sp³-hybridized carbons (Fsp3) is 0.308. The van der Waals surface area contributed by atoms with Crippen LogP contribution >= 0.6 is 0 Å². The number of carbonyl (C=O) groups excluding carboxylic acids is 1. The smallest absolute Gasteiger partial charge is 0.180 e. The van der Waals surface area contributed by atoms with Gasteiger partial charge in [0.25, 0.3) is 0 Å². The molecule has 0 aliphatic rings. The molecule has 0 heterocycles. The topological polar surface area (TPSA) is 60.8 Å². The second-order valence-electron chi connectivity index (χ2n) is 4.11. The molecule has 0 saturated carbocycles. The van der Waals surface area contributed by atoms with Gasteiger partial charge < -0.3 is 15.1 Å². The summed E-state index contributed by atoms with van der Waals surface area (Å²) in [7, 11) is 3.54. The molecule has 0 radical (unpaired) electrons. The Morgan fingerprint density at radius 1 is 1.35 bits per heavy atom. The molecule has 17 heavy (non-hydrogen) atoms. The van der Waals surface area contributed by atoms with Crippen LogP contribution in [-0.2, 0) is 6.42 Å². The molecule has 4 nitrogen and oxygen atoms in total. The monoisotopic (exact) mass is 235 g/mol. The zero-order valence-corrected chi connectivity index (χ0v) is 10.1. The van der Waals surface area contributed by atoms with Crippen LogP contribution in [0, 0.1) is 0 Å². The van der Waals surface area contributed by atoms with Gasteiger partial charge >= 0.3 is 0 Å². The van der Waals surface area contributed by atoms with E-state index in [1.165, 1.54) is 12.1 Å². The van der Waals surface area contributed by atoms with E-state index in [0.29, 0.717) is 12.0 Å². The molecule has 0 aromatic heterocycles. The van der Waals surface area contributed by atoms with E-state index in [0.717, 1.165) is 0 Å². The number of benzene rings is 1. The summed E-state index contributed by atoms with van der Waals surface area (Å²) in [6, 6.07) is 2.70. The standard InChI is InChI=1S/C13H17NO3/c1-4-5-9-10(15)6-7-11(16)13(9)12(17)8-14(2)3/h4,6-7,15-16H,1,5,8H2,2-3H3. The summed E-state index contributed by atoms with van der Waals surface area (Å²) < 4.78 is 0. The molecule has 0 unspecified atom stereocenters. The first kappa shape index (κ1) is 13.3. The van der Waals surface area contributed by atoms with Crippen molar-refractivity contribution in [3.05, 3.63) is 35.9 Å². The first-order chi connectivity index (χ1) is 7.97. The maximum atomic E-state index is 12.0. The first-order valence-electron chi connectivity index (χ1n) is 5.30. The zero-order chi connectivity index (χ0) is 13.0. The molecule has 0 aliphatic carbocycles. The second-order valence-corrected chi connectivity index (χ2v) is 4.11. The summed E-state index contributed by atoms with van der Waals surface area (Å²) in [6.07, 6.45) is 1.93. The average Bonchev–Trinajstić information content (AvgIpc) is 2.22. The summed E-state index contributed by atoms with van der Waals surface area (Å²) in [6.45, 7) is 3.76. The number of ketones is 1. The summed E-state index contributed by atoms with van der Waals surface area (Å²) in [5.74, 6) is -0.323. The molecule has 0 aliphatic heterocycles. The number of phenols is 2. The van der Waals surface area contributed by atoms with E-state index >= 15 is 0 Å². The molecule has 0 spiro atoms. The number of Topliss-reactive ketones (excluding diaryl/α,β-unsaturated/α-hetero) is 1. The molecule has 4 heteroatoms. The molecule has 1 aromatic carbocycles. The van der Waals surface area contributed by atoms with E-state index in [4.69, 9.17) is 0 Å². The normalized spacial score (nSPS) is 10.5. The lowest BCUT2D eigenvalue weighted by atomic mass is 9.98. The van der Waals surface area contributed by atoms with E-state index in [2.05, 4.69) is 6.58 Å². The minimum atomic E-state index is -0.222. The highest BCUT2D eigenvalue weighted by molar-refractivity contribution is 6.02. The first-order valence-corrected chi connectivity index (χ1v) is 5.30. The van der Waals surface area contributed by atoms with Crippen LogP contribution in [-0.4, -0.2) is 41.5 Å². The van der Waals surface area contributed by atoms with Gasteiger partial charge in [-0.3, -0.25) is 4.79 Å². The summed E-state index contributed by atoms with van der Waals surface area (Å²) >= 11 is 0. The van der Waals surface area contributed by atoms with Gasteiger partial charge in [-0.2, -0.15) is 0 Å². The maximum Gasteiger partial charge on any atom is 0.180 e. The number of rotatable bonds is 5. The van der Waals surface area contributed by atoms with Crippen LogP contribution in [0.5, 0.6) is 11.5 Å². The van der Waals surface area contributed by atoms with Crippen LogP contribution in [0.1, 0.15) is 15.9 Å². The highest BCUT2D eigenvalue weighted by Gasteiger charge is 2.19. The molecule has 1 aromatic rings. The third kappa shape index (κ3) is 3.07. The SMILES string of the molecule is C=CCc1c(O)ccc(O)c1C(=O)CN(C)C. The maximum absolute atomic E-state index is 12.0. The third-order valence-electron chi connectivity index (χ3n) is 2.35. The third-order valence-corrected chi connectivity index (χ3v) is 2.35. The highest BCUT2D eigenvalue weighted by atomic mass is 16.3. The van der Waals surface area contributed by atoms with E-state index in [9.17, 15) is 15.0 Å². The Labute approximate surface area is 101 Å². The van der Waals surface area contributed by atoms with Gasteiger partial charge in [-0.15, -0.1) is 6.58 Å². The summed E-state index contributed by atoms with van der Waals surface area (Å²) in [5, 5.41) is 19.4. The Kier molecular flexibility index (Phi) is 4.29. The molecule has 1 rings (SSSR count). The van der Waals surface area contributed by atoms with Crippen molar-refractivity contribution in [3.8, 4) is 11.5 Å². The van der Waals surface area contributed by atoms with Gasteiger partial charge in [-0.05, 0) is 32.6 Å². The number of likely N-dealkylation sites (N-methyl/N-ethyl adjacent to an activating group) is 1. The van der Waals surface area contributed by atoms with Gasteiger partial charge in [-0.25, -0.2) is 0 Å². The zero-order valence-electron chi connectivity index (χ0n) is 10.1. The molecule has 0 bridgehead atoms. The van der Waals surface area contributed by atoms with E-state index in [-0.39, 0.29) is 29.4 Å². The van der Waals surface area contributed by atoms with Gasteiger partial charge in [0.15, 0.2) is 5.78 Å². The van der Waals surface area contributed by atoms with Crippen molar-refractivity contribution in [2.75, 3.05) is 20.6 Å². The van der Waals surface area contributed by atoms with Crippen molar-refractivity contribution in [2.24, 2.45) is 0 Å². The quantitative estimate of drug-likeness (QED) is 0.462. The van der Waals surface area contributed by atoms with Crippen LogP contribution in [0.25, 0.3) is 0 Å². The van der Waals surface area contributed by atoms with Gasteiger partial charge in [0.2, 0.25) is 0 Å². The molecular formula is C13H17NO3. The van der Waals surface area contributed by atoms with E-state index in [1.807, 2.05) is 0 Å². The highest BCUT2D eigenvalue weighted by Crippen LogP contribution is 2.30. The van der Waals surface area contributed by atoms with Crippen molar-refractivity contribution in [1.29, 1.82) is 0 Å². The van der Waals surface area contributed by atoms with Crippen LogP contribution in [0.4, 0.5) is 0 Å². The van der Waals surface area contributed by atoms with E-state index < -0.39 is 0 Å². The predicted molar refractivity (Wildman–Crippen MR) is 66.6 cm³/mol. The van der Waals surface area contributed by atoms with Gasteiger partial charge in [0, 0.05) is 5.56 Å². The number of carbonyl (C=O) groups is 1. The second kappa shape index (κ2) is 5.50. The van der Waals surface area contributed by atoms with Gasteiger partial charge in [0.05, 0.1) is 12.1 Å². The number of aromatic hydroxyl groups is 2. The molecule has 0 amide bonds. The van der Waals surface area contributed by atoms with Crippen molar-refractivity contribution in [1.82, 2.24) is 4.90 Å². The largest absolute Gasteiger partial charge is 0.508 e. The molecule has 0 saturated heterocycles. The Bertz CT molecular complexity index is 439. The van der Waals surface area contributed by atoms with Crippen LogP contribution < -0.4 is 0 Å². The number of phenolic OH excluding ortho intramolecular Hbond substituents is 2. The molecule has 0 atom stereocenters. The lowest BCUT2D eigenvalue weighted by Gasteiger charge is -2.13. The molecular weight excluding hydrogens is 218 g/mol. The van der Waals surface area contributed by atoms with Crippen molar-refractivity contribution in [3.63, 3.8) is 0 Å². The Morgan fingerprint density at radius 3 is 2.47 bits per heavy atom. The van der Waals surface area contributed by atoms with Crippen LogP contribution in [0.15, 0.2) is 24.8 Å². The number of nitrogens with zero attached hydrogens (tertiary/aromatic N) is 1. The Balaban J connectivity index is 3.24. The Morgan fingerprint density at radius 2 is 1.94 bits per heavy atom. The van der Waals surface area contributed by atoms with E-state index in [1.54, 1.807) is 25.1 Å². The summed E-state index contributed by atoms with van der Waals surface area (Å²) in [4.78, 5) is 13.7. The minimum absolute atomic E-state index is 0.00445. The number of hydrogen-bond acceptors (Lipinski definition) is 4. The van der Waals surface area contributed by atoms with Crippen LogP contribution in [0.3, 0.4) is 0 Å². The minimum Gasteiger partial charge on any atom is -0.508 e.